The van der Waals surface area contributed by atoms with E-state index in [9.17, 15) is 9.32 Å². The van der Waals surface area contributed by atoms with Gasteiger partial charge in [0.25, 0.3) is 0 Å². The molecule has 0 aliphatic rings. The SMILES string of the molecule is Cc1cc(Cl)c(Br)c(C=NS(=O)C(C)(C)C)c1O. The van der Waals surface area contributed by atoms with Crippen LogP contribution in [0.1, 0.15) is 31.9 Å². The fraction of sp³-hybridized carbons (Fsp3) is 0.417. The highest BCUT2D eigenvalue weighted by Gasteiger charge is 2.19. The molecule has 100 valence electrons. The minimum atomic E-state index is -1.37. The maximum absolute atomic E-state index is 11.8. The second-order valence-electron chi connectivity index (χ2n) is 4.85. The maximum Gasteiger partial charge on any atom is 0.144 e. The summed E-state index contributed by atoms with van der Waals surface area (Å²) >= 11 is 9.28. The van der Waals surface area contributed by atoms with Crippen LogP contribution >= 0.6 is 27.5 Å². The zero-order chi connectivity index (χ0) is 14.1. The first-order valence-electron chi connectivity index (χ1n) is 5.28. The quantitative estimate of drug-likeness (QED) is 0.818. The highest BCUT2D eigenvalue weighted by atomic mass is 79.9. The van der Waals surface area contributed by atoms with E-state index in [1.807, 2.05) is 20.8 Å². The van der Waals surface area contributed by atoms with Gasteiger partial charge in [-0.3, -0.25) is 0 Å². The molecule has 0 amide bonds. The first-order chi connectivity index (χ1) is 8.14. The molecule has 1 N–H and O–H groups in total. The third-order valence-corrected chi connectivity index (χ3v) is 4.94. The van der Waals surface area contributed by atoms with Crippen LogP contribution in [0, 0.1) is 6.92 Å². The van der Waals surface area contributed by atoms with E-state index in [4.69, 9.17) is 11.6 Å². The van der Waals surface area contributed by atoms with Crippen molar-refractivity contribution in [2.45, 2.75) is 32.4 Å². The second-order valence-corrected chi connectivity index (χ2v) is 7.98. The molecule has 0 bridgehead atoms. The Bertz CT molecular complexity index is 498. The third-order valence-electron chi connectivity index (χ3n) is 2.22. The number of nitrogens with zero attached hydrogens (tertiary/aromatic N) is 1. The second kappa shape index (κ2) is 5.72. The Labute approximate surface area is 123 Å². The number of phenolic OH excluding ortho intramolecular Hbond substituents is 1. The van der Waals surface area contributed by atoms with E-state index in [-0.39, 0.29) is 5.75 Å². The molecule has 0 aliphatic heterocycles. The monoisotopic (exact) mass is 351 g/mol. The fourth-order valence-electron chi connectivity index (χ4n) is 1.14. The van der Waals surface area contributed by atoms with Crippen LogP contribution in [0.4, 0.5) is 0 Å². The minimum absolute atomic E-state index is 0.0842. The van der Waals surface area contributed by atoms with E-state index in [1.54, 1.807) is 13.0 Å². The predicted molar refractivity (Wildman–Crippen MR) is 81.0 cm³/mol. The fourth-order valence-corrected chi connectivity index (χ4v) is 2.33. The van der Waals surface area contributed by atoms with Crippen molar-refractivity contribution < 1.29 is 9.32 Å². The summed E-state index contributed by atoms with van der Waals surface area (Å²) in [4.78, 5) is 0. The van der Waals surface area contributed by atoms with Crippen molar-refractivity contribution >= 4 is 44.7 Å². The van der Waals surface area contributed by atoms with E-state index in [0.717, 1.165) is 0 Å². The van der Waals surface area contributed by atoms with Gasteiger partial charge >= 0.3 is 0 Å². The summed E-state index contributed by atoms with van der Waals surface area (Å²) in [5, 5.41) is 10.4. The van der Waals surface area contributed by atoms with Gasteiger partial charge in [0.1, 0.15) is 16.7 Å². The Hall–Kier alpha value is -0.390. The van der Waals surface area contributed by atoms with Gasteiger partial charge in [-0.2, -0.15) is 4.40 Å². The number of rotatable bonds is 2. The Balaban J connectivity index is 3.20. The van der Waals surface area contributed by atoms with Crippen LogP contribution in [0.5, 0.6) is 5.75 Å². The molecule has 18 heavy (non-hydrogen) atoms. The van der Waals surface area contributed by atoms with Gasteiger partial charge in [-0.25, -0.2) is 4.21 Å². The van der Waals surface area contributed by atoms with Crippen LogP contribution in [-0.4, -0.2) is 20.3 Å². The summed E-state index contributed by atoms with van der Waals surface area (Å²) in [6, 6.07) is 1.65. The van der Waals surface area contributed by atoms with E-state index in [1.165, 1.54) is 6.21 Å². The van der Waals surface area contributed by atoms with Crippen molar-refractivity contribution in [3.05, 3.63) is 26.7 Å². The lowest BCUT2D eigenvalue weighted by Crippen LogP contribution is -2.19. The van der Waals surface area contributed by atoms with E-state index < -0.39 is 15.7 Å². The van der Waals surface area contributed by atoms with Gasteiger partial charge < -0.3 is 5.11 Å². The molecule has 3 nitrogen and oxygen atoms in total. The Kier molecular flexibility index (Phi) is 4.98. The Morgan fingerprint density at radius 1 is 1.50 bits per heavy atom. The lowest BCUT2D eigenvalue weighted by atomic mass is 10.1. The van der Waals surface area contributed by atoms with E-state index in [0.29, 0.717) is 20.6 Å². The van der Waals surface area contributed by atoms with Gasteiger partial charge in [0.2, 0.25) is 0 Å². The summed E-state index contributed by atoms with van der Waals surface area (Å²) < 4.78 is 15.9. The van der Waals surface area contributed by atoms with Crippen LogP contribution in [0.25, 0.3) is 0 Å². The van der Waals surface area contributed by atoms with Crippen molar-refractivity contribution in [1.82, 2.24) is 0 Å². The molecule has 0 heterocycles. The van der Waals surface area contributed by atoms with Crippen LogP contribution in [0.2, 0.25) is 5.02 Å². The Morgan fingerprint density at radius 2 is 2.06 bits per heavy atom. The summed E-state index contributed by atoms with van der Waals surface area (Å²) in [5.41, 5.74) is 1.09. The number of aryl methyl sites for hydroxylation is 1. The molecular formula is C12H15BrClNO2S. The molecule has 0 saturated carbocycles. The number of phenols is 1. The molecule has 0 saturated heterocycles. The average Bonchev–Trinajstić information content (AvgIpc) is 2.25. The summed E-state index contributed by atoms with van der Waals surface area (Å²) in [5.74, 6) is 0.0842. The molecule has 1 atom stereocenters. The maximum atomic E-state index is 11.8. The summed E-state index contributed by atoms with van der Waals surface area (Å²) in [6.45, 7) is 7.24. The van der Waals surface area contributed by atoms with Crippen molar-refractivity contribution in [3.8, 4) is 5.75 Å². The van der Waals surface area contributed by atoms with Crippen LogP contribution in [0.15, 0.2) is 14.9 Å². The first kappa shape index (κ1) is 15.7. The molecule has 1 aromatic rings. The number of hydrogen-bond donors (Lipinski definition) is 1. The lowest BCUT2D eigenvalue weighted by Gasteiger charge is -2.13. The van der Waals surface area contributed by atoms with Gasteiger partial charge in [-0.05, 0) is 55.3 Å². The minimum Gasteiger partial charge on any atom is -0.507 e. The zero-order valence-electron chi connectivity index (χ0n) is 10.6. The molecule has 0 aliphatic carbocycles. The number of aromatic hydroxyl groups is 1. The summed E-state index contributed by atoms with van der Waals surface area (Å²) in [7, 11) is -1.37. The van der Waals surface area contributed by atoms with Crippen molar-refractivity contribution in [2.75, 3.05) is 0 Å². The highest BCUT2D eigenvalue weighted by Crippen LogP contribution is 2.34. The molecular weight excluding hydrogens is 338 g/mol. The first-order valence-corrected chi connectivity index (χ1v) is 7.56. The Morgan fingerprint density at radius 3 is 2.56 bits per heavy atom. The van der Waals surface area contributed by atoms with Gasteiger partial charge in [-0.1, -0.05) is 11.6 Å². The van der Waals surface area contributed by atoms with Gasteiger partial charge in [0, 0.05) is 10.7 Å². The molecule has 1 unspecified atom stereocenters. The highest BCUT2D eigenvalue weighted by molar-refractivity contribution is 9.10. The average molecular weight is 353 g/mol. The predicted octanol–water partition coefficient (Wildman–Crippen LogP) is 4.00. The molecule has 1 rings (SSSR count). The van der Waals surface area contributed by atoms with E-state index >= 15 is 0 Å². The molecule has 6 heteroatoms. The van der Waals surface area contributed by atoms with Crippen molar-refractivity contribution in [2.24, 2.45) is 4.40 Å². The zero-order valence-corrected chi connectivity index (χ0v) is 13.8. The van der Waals surface area contributed by atoms with Crippen molar-refractivity contribution in [1.29, 1.82) is 0 Å². The van der Waals surface area contributed by atoms with Gasteiger partial charge in [-0.15, -0.1) is 0 Å². The van der Waals surface area contributed by atoms with Crippen LogP contribution < -0.4 is 0 Å². The third kappa shape index (κ3) is 3.56. The lowest BCUT2D eigenvalue weighted by molar-refractivity contribution is 0.470. The molecule has 1 aromatic carbocycles. The molecule has 0 aromatic heterocycles. The molecule has 0 fully saturated rings. The van der Waals surface area contributed by atoms with Gasteiger partial charge in [0.05, 0.1) is 15.3 Å². The normalized spacial score (nSPS) is 14.1. The smallest absolute Gasteiger partial charge is 0.144 e. The molecule has 0 spiro atoms. The van der Waals surface area contributed by atoms with Gasteiger partial charge in [0.15, 0.2) is 0 Å². The number of halogens is 2. The van der Waals surface area contributed by atoms with Crippen LogP contribution in [0.3, 0.4) is 0 Å². The molecule has 0 radical (unpaired) electrons. The number of benzene rings is 1. The van der Waals surface area contributed by atoms with Crippen molar-refractivity contribution in [3.63, 3.8) is 0 Å². The standard InChI is InChI=1S/C12H15BrClNO2S/c1-7-5-9(14)10(13)8(11(7)16)6-15-18(17)12(2,3)4/h5-6,16H,1-4H3. The topological polar surface area (TPSA) is 49.7 Å². The summed E-state index contributed by atoms with van der Waals surface area (Å²) in [6.07, 6.45) is 1.39. The number of hydrogen-bond acceptors (Lipinski definition) is 2. The van der Waals surface area contributed by atoms with E-state index in [2.05, 4.69) is 20.3 Å². The largest absolute Gasteiger partial charge is 0.507 e. The van der Waals surface area contributed by atoms with Crippen LogP contribution in [-0.2, 0) is 11.0 Å².